The van der Waals surface area contributed by atoms with Gasteiger partial charge in [0.1, 0.15) is 0 Å². The largest absolute Gasteiger partial charge is 0.412 e. The highest BCUT2D eigenvalue weighted by atomic mass is 35.5. The van der Waals surface area contributed by atoms with Crippen LogP contribution < -0.4 is 10.6 Å². The Bertz CT molecular complexity index is 1240. The van der Waals surface area contributed by atoms with Crippen molar-refractivity contribution in [2.24, 2.45) is 0 Å². The number of likely N-dealkylation sites (tertiary alicyclic amines) is 1. The van der Waals surface area contributed by atoms with Crippen LogP contribution in [0, 0.1) is 10.1 Å². The van der Waals surface area contributed by atoms with Crippen LogP contribution in [0.2, 0.25) is 0 Å². The molecule has 1 fully saturated rings. The highest BCUT2D eigenvalue weighted by molar-refractivity contribution is 5.85. The number of nitrogens with one attached hydrogen (secondary N) is 2. The zero-order valence-corrected chi connectivity index (χ0v) is 25.1. The number of amides is 2. The third-order valence-electron chi connectivity index (χ3n) is 8.04. The number of piperidine rings is 1. The molecule has 2 amide bonds. The third-order valence-corrected chi connectivity index (χ3v) is 8.04. The standard InChI is InChI=1S/C31H39N5O4.ClH.H2O/c1-3-28-31(29(30(32-21-37)23(2)33-28)26-11-13-27(14-12-26)36(39)40)35(22-38)18-8-7-17-34-19-15-25(16-20-34)24-9-5-4-6-10-24;;/h4-6,9-14,21-22,25,29,33H,3,7-8,15-20H2,1-2H3,(H,32,37);1H;1H2. The molecule has 1 saturated heterocycles. The van der Waals surface area contributed by atoms with Crippen LogP contribution in [-0.2, 0) is 9.59 Å². The lowest BCUT2D eigenvalue weighted by Gasteiger charge is -2.37. The molecule has 2 aliphatic heterocycles. The molecular weight excluding hydrogens is 558 g/mol. The molecule has 10 nitrogen and oxygen atoms in total. The number of nitro groups is 1. The van der Waals surface area contributed by atoms with Crippen LogP contribution in [0.4, 0.5) is 5.69 Å². The Morgan fingerprint density at radius 3 is 2.29 bits per heavy atom. The van der Waals surface area contributed by atoms with Gasteiger partial charge in [-0.05, 0) is 75.7 Å². The van der Waals surface area contributed by atoms with Crippen molar-refractivity contribution in [3.05, 3.63) is 98.6 Å². The second-order valence-corrected chi connectivity index (χ2v) is 10.5. The van der Waals surface area contributed by atoms with Crippen molar-refractivity contribution in [1.29, 1.82) is 0 Å². The predicted octanol–water partition coefficient (Wildman–Crippen LogP) is 4.60. The van der Waals surface area contributed by atoms with Gasteiger partial charge in [-0.25, -0.2) is 0 Å². The number of carbonyl (C=O) groups is 2. The monoisotopic (exact) mass is 599 g/mol. The summed E-state index contributed by atoms with van der Waals surface area (Å²) >= 11 is 0. The summed E-state index contributed by atoms with van der Waals surface area (Å²) in [6, 6.07) is 17.1. The zero-order valence-electron chi connectivity index (χ0n) is 24.3. The van der Waals surface area contributed by atoms with E-state index in [4.69, 9.17) is 0 Å². The lowest BCUT2D eigenvalue weighted by atomic mass is 9.86. The molecule has 1 atom stereocenters. The Kier molecular flexibility index (Phi) is 13.7. The number of non-ortho nitro benzene ring substituents is 1. The van der Waals surface area contributed by atoms with Gasteiger partial charge in [-0.2, -0.15) is 0 Å². The van der Waals surface area contributed by atoms with E-state index in [0.29, 0.717) is 31.0 Å². The number of hydrogen-bond acceptors (Lipinski definition) is 6. The molecule has 4 N–H and O–H groups in total. The molecule has 228 valence electrons. The van der Waals surface area contributed by atoms with Gasteiger partial charge in [-0.3, -0.25) is 19.7 Å². The van der Waals surface area contributed by atoms with Gasteiger partial charge in [-0.15, -0.1) is 12.4 Å². The number of nitrogens with zero attached hydrogens (tertiary/aromatic N) is 3. The van der Waals surface area contributed by atoms with E-state index in [1.54, 1.807) is 17.0 Å². The van der Waals surface area contributed by atoms with Crippen LogP contribution in [0.15, 0.2) is 77.4 Å². The summed E-state index contributed by atoms with van der Waals surface area (Å²) in [5, 5.41) is 17.4. The van der Waals surface area contributed by atoms with E-state index in [9.17, 15) is 19.7 Å². The first-order valence-electron chi connectivity index (χ1n) is 14.1. The van der Waals surface area contributed by atoms with Crippen molar-refractivity contribution >= 4 is 30.9 Å². The molecule has 0 spiro atoms. The second-order valence-electron chi connectivity index (χ2n) is 10.5. The molecule has 42 heavy (non-hydrogen) atoms. The molecule has 0 bridgehead atoms. The molecule has 1 unspecified atom stereocenters. The average molecular weight is 600 g/mol. The van der Waals surface area contributed by atoms with Crippen LogP contribution >= 0.6 is 12.4 Å². The molecule has 2 aliphatic rings. The van der Waals surface area contributed by atoms with E-state index in [1.165, 1.54) is 17.7 Å². The smallest absolute Gasteiger partial charge is 0.269 e. The Labute approximate surface area is 253 Å². The highest BCUT2D eigenvalue weighted by Crippen LogP contribution is 2.39. The van der Waals surface area contributed by atoms with Crippen LogP contribution in [0.5, 0.6) is 0 Å². The molecule has 2 aromatic carbocycles. The van der Waals surface area contributed by atoms with E-state index in [0.717, 1.165) is 74.4 Å². The van der Waals surface area contributed by atoms with Gasteiger partial charge in [0.2, 0.25) is 12.8 Å². The fraction of sp³-hybridized carbons (Fsp3) is 0.419. The maximum absolute atomic E-state index is 12.5. The van der Waals surface area contributed by atoms with Gasteiger partial charge in [-0.1, -0.05) is 49.4 Å². The summed E-state index contributed by atoms with van der Waals surface area (Å²) < 4.78 is 0. The third kappa shape index (κ3) is 8.18. The minimum atomic E-state index is -0.440. The van der Waals surface area contributed by atoms with Crippen molar-refractivity contribution in [3.63, 3.8) is 0 Å². The van der Waals surface area contributed by atoms with E-state index >= 15 is 0 Å². The first kappa shape index (κ1) is 34.5. The number of rotatable bonds is 13. The number of halogens is 1. The van der Waals surface area contributed by atoms with Gasteiger partial charge >= 0.3 is 0 Å². The summed E-state index contributed by atoms with van der Waals surface area (Å²) in [5.41, 5.74) is 5.26. The molecule has 11 heteroatoms. The van der Waals surface area contributed by atoms with Crippen LogP contribution in [-0.4, -0.2) is 59.2 Å². The number of hydrogen-bond donors (Lipinski definition) is 2. The SMILES string of the molecule is CCC1=C(N(C=O)CCCCN2CCC(c3ccccc3)CC2)C(c2ccc([N+](=O)[O-])cc2)C(NC=O)=C(C)N1.Cl.O. The maximum Gasteiger partial charge on any atom is 0.269 e. The molecule has 0 saturated carbocycles. The minimum absolute atomic E-state index is 0. The van der Waals surface area contributed by atoms with Crippen molar-refractivity contribution in [2.45, 2.75) is 57.8 Å². The van der Waals surface area contributed by atoms with Gasteiger partial charge < -0.3 is 25.9 Å². The molecule has 0 aliphatic carbocycles. The number of benzene rings is 2. The van der Waals surface area contributed by atoms with Gasteiger partial charge in [0.25, 0.3) is 5.69 Å². The normalized spacial score (nSPS) is 17.4. The Morgan fingerprint density at radius 2 is 1.71 bits per heavy atom. The summed E-state index contributed by atoms with van der Waals surface area (Å²) in [6.45, 7) is 7.60. The van der Waals surface area contributed by atoms with Crippen molar-refractivity contribution in [2.75, 3.05) is 26.2 Å². The predicted molar refractivity (Wildman–Crippen MR) is 166 cm³/mol. The molecule has 0 aromatic heterocycles. The molecule has 0 radical (unpaired) electrons. The van der Waals surface area contributed by atoms with Crippen molar-refractivity contribution < 1.29 is 20.0 Å². The number of allylic oxidation sites excluding steroid dienone is 2. The summed E-state index contributed by atoms with van der Waals surface area (Å²) in [4.78, 5) is 39.0. The highest BCUT2D eigenvalue weighted by Gasteiger charge is 2.33. The van der Waals surface area contributed by atoms with E-state index in [1.807, 2.05) is 13.8 Å². The van der Waals surface area contributed by atoms with E-state index in [-0.39, 0.29) is 23.6 Å². The van der Waals surface area contributed by atoms with Crippen LogP contribution in [0.25, 0.3) is 0 Å². The molecule has 2 heterocycles. The van der Waals surface area contributed by atoms with Gasteiger partial charge in [0, 0.05) is 30.1 Å². The Hall–Kier alpha value is -3.73. The quantitative estimate of drug-likeness (QED) is 0.149. The first-order chi connectivity index (χ1) is 19.5. The Balaban J connectivity index is 0.00000308. The second kappa shape index (κ2) is 16.6. The average Bonchev–Trinajstić information content (AvgIpc) is 2.99. The van der Waals surface area contributed by atoms with Crippen LogP contribution in [0.3, 0.4) is 0 Å². The Morgan fingerprint density at radius 1 is 1.05 bits per heavy atom. The van der Waals surface area contributed by atoms with Gasteiger partial charge in [0.05, 0.1) is 22.2 Å². The number of carbonyl (C=O) groups excluding carboxylic acids is 2. The van der Waals surface area contributed by atoms with Crippen LogP contribution in [0.1, 0.15) is 68.9 Å². The topological polar surface area (TPSA) is 139 Å². The molecule has 2 aromatic rings. The fourth-order valence-electron chi connectivity index (χ4n) is 5.92. The minimum Gasteiger partial charge on any atom is -0.412 e. The lowest BCUT2D eigenvalue weighted by molar-refractivity contribution is -0.384. The molecule has 4 rings (SSSR count). The number of unbranched alkanes of at least 4 members (excludes halogenated alkanes) is 1. The van der Waals surface area contributed by atoms with Gasteiger partial charge in [0.15, 0.2) is 0 Å². The summed E-state index contributed by atoms with van der Waals surface area (Å²) in [7, 11) is 0. The number of dihydropyridines is 1. The summed E-state index contributed by atoms with van der Waals surface area (Å²) in [5.74, 6) is 0.188. The first-order valence-corrected chi connectivity index (χ1v) is 14.1. The maximum atomic E-state index is 12.5. The van der Waals surface area contributed by atoms with E-state index < -0.39 is 10.8 Å². The van der Waals surface area contributed by atoms with Crippen molar-refractivity contribution in [3.8, 4) is 0 Å². The van der Waals surface area contributed by atoms with Crippen molar-refractivity contribution in [1.82, 2.24) is 20.4 Å². The lowest BCUT2D eigenvalue weighted by Crippen LogP contribution is -2.39. The number of nitro benzene ring substituents is 1. The van der Waals surface area contributed by atoms with E-state index in [2.05, 4.69) is 45.9 Å². The zero-order chi connectivity index (χ0) is 28.5. The fourth-order valence-corrected chi connectivity index (χ4v) is 5.92. The summed E-state index contributed by atoms with van der Waals surface area (Å²) in [6.07, 6.45) is 6.28. The molecular formula is C31H42ClN5O5.